The third kappa shape index (κ3) is 4.62. The maximum Gasteiger partial charge on any atom is 0.209 e. The van der Waals surface area contributed by atoms with Crippen LogP contribution in [0.3, 0.4) is 0 Å². The van der Waals surface area contributed by atoms with E-state index in [2.05, 4.69) is 35.9 Å². The predicted octanol–water partition coefficient (Wildman–Crippen LogP) is 2.13. The highest BCUT2D eigenvalue weighted by atomic mass is 79.9. The molecule has 0 fully saturated rings. The third-order valence-corrected chi connectivity index (χ3v) is 4.17. The summed E-state index contributed by atoms with van der Waals surface area (Å²) >= 11 is 3.42. The minimum atomic E-state index is -3.27. The van der Waals surface area contributed by atoms with Crippen molar-refractivity contribution in [1.29, 1.82) is 0 Å². The summed E-state index contributed by atoms with van der Waals surface area (Å²) in [5, 5.41) is 4.06. The van der Waals surface area contributed by atoms with Gasteiger partial charge in [0, 0.05) is 21.9 Å². The number of anilines is 1. The molecule has 2 aromatic rings. The first-order valence-electron chi connectivity index (χ1n) is 6.29. The van der Waals surface area contributed by atoms with E-state index in [1.807, 2.05) is 18.2 Å². The normalized spacial score (nSPS) is 12.6. The Morgan fingerprint density at radius 1 is 1.29 bits per heavy atom. The number of halogens is 1. The first kappa shape index (κ1) is 16.1. The van der Waals surface area contributed by atoms with Gasteiger partial charge in [-0.1, -0.05) is 15.9 Å². The van der Waals surface area contributed by atoms with Crippen LogP contribution in [0.25, 0.3) is 10.9 Å². The number of hydrogen-bond acceptors (Lipinski definition) is 5. The van der Waals surface area contributed by atoms with Crippen LogP contribution in [-0.2, 0) is 10.0 Å². The molecule has 114 valence electrons. The Kier molecular flexibility index (Phi) is 4.50. The predicted molar refractivity (Wildman–Crippen MR) is 87.8 cm³/mol. The van der Waals surface area contributed by atoms with Gasteiger partial charge in [-0.15, -0.1) is 0 Å². The Labute approximate surface area is 132 Å². The molecule has 0 aliphatic heterocycles. The van der Waals surface area contributed by atoms with Gasteiger partial charge >= 0.3 is 0 Å². The average Bonchev–Trinajstić information content (AvgIpc) is 2.33. The second-order valence-electron chi connectivity index (χ2n) is 5.50. The second kappa shape index (κ2) is 5.86. The summed E-state index contributed by atoms with van der Waals surface area (Å²) in [4.78, 5) is 8.43. The summed E-state index contributed by atoms with van der Waals surface area (Å²) in [7, 11) is -3.27. The highest BCUT2D eigenvalue weighted by Gasteiger charge is 2.22. The van der Waals surface area contributed by atoms with Crippen LogP contribution in [0, 0.1) is 0 Å². The van der Waals surface area contributed by atoms with E-state index in [0.29, 0.717) is 12.4 Å². The van der Waals surface area contributed by atoms with Gasteiger partial charge in [0.2, 0.25) is 10.0 Å². The first-order chi connectivity index (χ1) is 9.66. The first-order valence-corrected chi connectivity index (χ1v) is 8.98. The largest absolute Gasteiger partial charge is 0.368 e. The smallest absolute Gasteiger partial charge is 0.209 e. The molecule has 1 aromatic heterocycles. The molecule has 0 unspecified atom stereocenters. The van der Waals surface area contributed by atoms with E-state index in [9.17, 15) is 8.42 Å². The number of benzene rings is 1. The lowest BCUT2D eigenvalue weighted by molar-refractivity contribution is 0.476. The van der Waals surface area contributed by atoms with Gasteiger partial charge in [-0.25, -0.2) is 23.1 Å². The van der Waals surface area contributed by atoms with E-state index in [4.69, 9.17) is 0 Å². The van der Waals surface area contributed by atoms with Crippen molar-refractivity contribution in [1.82, 2.24) is 14.7 Å². The summed E-state index contributed by atoms with van der Waals surface area (Å²) in [6.07, 6.45) is 2.63. The lowest BCUT2D eigenvalue weighted by atomic mass is 10.1. The summed E-state index contributed by atoms with van der Waals surface area (Å²) in [6.45, 7) is 4.01. The topological polar surface area (TPSA) is 84.0 Å². The van der Waals surface area contributed by atoms with Crippen LogP contribution in [0.15, 0.2) is 29.0 Å². The molecule has 0 saturated carbocycles. The van der Waals surface area contributed by atoms with Gasteiger partial charge < -0.3 is 5.32 Å². The van der Waals surface area contributed by atoms with E-state index in [0.717, 1.165) is 21.6 Å². The average molecular weight is 373 g/mol. The van der Waals surface area contributed by atoms with E-state index in [-0.39, 0.29) is 0 Å². The lowest BCUT2D eigenvalue weighted by Crippen LogP contribution is -2.47. The fraction of sp³-hybridized carbons (Fsp3) is 0.385. The van der Waals surface area contributed by atoms with Gasteiger partial charge in [0.15, 0.2) is 0 Å². The molecule has 0 bridgehead atoms. The van der Waals surface area contributed by atoms with Crippen molar-refractivity contribution in [2.24, 2.45) is 0 Å². The minimum absolute atomic E-state index is 0.401. The molecular weight excluding hydrogens is 356 g/mol. The maximum atomic E-state index is 11.3. The van der Waals surface area contributed by atoms with Crippen molar-refractivity contribution in [2.45, 2.75) is 19.4 Å². The molecule has 0 aliphatic carbocycles. The molecule has 2 N–H and O–H groups in total. The molecule has 8 heteroatoms. The summed E-state index contributed by atoms with van der Waals surface area (Å²) < 4.78 is 26.2. The van der Waals surface area contributed by atoms with Crippen molar-refractivity contribution in [2.75, 3.05) is 18.1 Å². The number of hydrogen-bond donors (Lipinski definition) is 2. The van der Waals surface area contributed by atoms with Crippen molar-refractivity contribution in [3.63, 3.8) is 0 Å². The Morgan fingerprint density at radius 2 is 2.00 bits per heavy atom. The van der Waals surface area contributed by atoms with Crippen LogP contribution < -0.4 is 10.0 Å². The molecule has 0 radical (unpaired) electrons. The Bertz CT molecular complexity index is 762. The van der Waals surface area contributed by atoms with E-state index >= 15 is 0 Å². The van der Waals surface area contributed by atoms with Gasteiger partial charge in [-0.05, 0) is 32.0 Å². The molecule has 0 aliphatic rings. The van der Waals surface area contributed by atoms with Crippen LogP contribution in [0.2, 0.25) is 0 Å². The SMILES string of the molecule is CC(C)(CNc1ncnc2ccc(Br)cc12)NS(C)(=O)=O. The number of nitrogens with zero attached hydrogens (tertiary/aromatic N) is 2. The fourth-order valence-electron chi connectivity index (χ4n) is 2.01. The van der Waals surface area contributed by atoms with E-state index in [1.54, 1.807) is 13.8 Å². The number of rotatable bonds is 5. The Morgan fingerprint density at radius 3 is 2.67 bits per heavy atom. The molecule has 1 aromatic carbocycles. The molecule has 0 atom stereocenters. The van der Waals surface area contributed by atoms with Crippen LogP contribution in [-0.4, -0.2) is 36.7 Å². The third-order valence-electron chi connectivity index (χ3n) is 2.76. The standard InChI is InChI=1S/C13H17BrN4O2S/c1-13(2,18-21(3,19)20)7-15-12-10-6-9(14)4-5-11(10)16-8-17-12/h4-6,8,18H,7H2,1-3H3,(H,15,16,17). The van der Waals surface area contributed by atoms with E-state index in [1.165, 1.54) is 6.33 Å². The number of fused-ring (bicyclic) bond motifs is 1. The maximum absolute atomic E-state index is 11.3. The van der Waals surface area contributed by atoms with Crippen molar-refractivity contribution in [3.05, 3.63) is 29.0 Å². The van der Waals surface area contributed by atoms with Gasteiger partial charge in [0.1, 0.15) is 12.1 Å². The number of nitrogens with one attached hydrogen (secondary N) is 2. The zero-order chi connectivity index (χ0) is 15.7. The molecule has 1 heterocycles. The second-order valence-corrected chi connectivity index (χ2v) is 8.16. The summed E-state index contributed by atoms with van der Waals surface area (Å²) in [5.74, 6) is 0.671. The molecule has 21 heavy (non-hydrogen) atoms. The zero-order valence-corrected chi connectivity index (χ0v) is 14.4. The Hall–Kier alpha value is -1.25. The van der Waals surface area contributed by atoms with Crippen molar-refractivity contribution >= 4 is 42.7 Å². The van der Waals surface area contributed by atoms with Crippen LogP contribution in [0.1, 0.15) is 13.8 Å². The van der Waals surface area contributed by atoms with Gasteiger partial charge in [-0.2, -0.15) is 0 Å². The summed E-state index contributed by atoms with van der Waals surface area (Å²) in [6, 6.07) is 5.73. The van der Waals surface area contributed by atoms with Gasteiger partial charge in [0.25, 0.3) is 0 Å². The molecule has 0 saturated heterocycles. The monoisotopic (exact) mass is 372 g/mol. The zero-order valence-electron chi connectivity index (χ0n) is 12.0. The van der Waals surface area contributed by atoms with Crippen LogP contribution in [0.5, 0.6) is 0 Å². The molecule has 0 amide bonds. The quantitative estimate of drug-likeness (QED) is 0.839. The van der Waals surface area contributed by atoms with Gasteiger partial charge in [0.05, 0.1) is 11.8 Å². The highest BCUT2D eigenvalue weighted by molar-refractivity contribution is 9.10. The number of aromatic nitrogens is 2. The van der Waals surface area contributed by atoms with E-state index < -0.39 is 15.6 Å². The fourth-order valence-corrected chi connectivity index (χ4v) is 3.45. The minimum Gasteiger partial charge on any atom is -0.368 e. The summed E-state index contributed by atoms with van der Waals surface area (Å²) in [5.41, 5.74) is 0.196. The highest BCUT2D eigenvalue weighted by Crippen LogP contribution is 2.23. The molecular formula is C13H17BrN4O2S. The lowest BCUT2D eigenvalue weighted by Gasteiger charge is -2.25. The molecule has 6 nitrogen and oxygen atoms in total. The molecule has 0 spiro atoms. The Balaban J connectivity index is 2.22. The molecule has 2 rings (SSSR count). The van der Waals surface area contributed by atoms with Crippen molar-refractivity contribution in [3.8, 4) is 0 Å². The number of sulfonamides is 1. The van der Waals surface area contributed by atoms with Crippen LogP contribution in [0.4, 0.5) is 5.82 Å². The van der Waals surface area contributed by atoms with Crippen molar-refractivity contribution < 1.29 is 8.42 Å². The van der Waals surface area contributed by atoms with Crippen LogP contribution >= 0.6 is 15.9 Å². The van der Waals surface area contributed by atoms with Gasteiger partial charge in [-0.3, -0.25) is 0 Å².